The van der Waals surface area contributed by atoms with Crippen LogP contribution in [0.4, 0.5) is 4.39 Å². The van der Waals surface area contributed by atoms with Crippen molar-refractivity contribution in [3.63, 3.8) is 0 Å². The molecule has 92 valence electrons. The number of carbonyl (C=O) groups is 2. The lowest BCUT2D eigenvalue weighted by atomic mass is 10.1. The van der Waals surface area contributed by atoms with E-state index in [1.165, 1.54) is 19.1 Å². The van der Waals surface area contributed by atoms with Gasteiger partial charge >= 0.3 is 5.97 Å². The lowest BCUT2D eigenvalue weighted by Gasteiger charge is -2.09. The number of benzene rings is 1. The minimum Gasteiger partial charge on any atom is -0.481 e. The van der Waals surface area contributed by atoms with Crippen molar-refractivity contribution in [1.82, 2.24) is 5.32 Å². The first-order chi connectivity index (χ1) is 7.93. The van der Waals surface area contributed by atoms with E-state index in [4.69, 9.17) is 16.7 Å². The second-order valence-corrected chi connectivity index (χ2v) is 3.95. The summed E-state index contributed by atoms with van der Waals surface area (Å²) in [5.41, 5.74) is -0.272. The molecule has 1 aromatic carbocycles. The van der Waals surface area contributed by atoms with Gasteiger partial charge < -0.3 is 10.4 Å². The summed E-state index contributed by atoms with van der Waals surface area (Å²) in [5, 5.41) is 10.9. The standard InChI is InChI=1S/C11H11ClFNO3/c1-6(11(16)17)5-14-10(15)9-7(12)3-2-4-8(9)13/h2-4,6H,5H2,1H3,(H,14,15)(H,16,17). The molecule has 0 aliphatic carbocycles. The quantitative estimate of drug-likeness (QED) is 0.868. The highest BCUT2D eigenvalue weighted by molar-refractivity contribution is 6.33. The Bertz CT molecular complexity index is 430. The molecule has 0 aliphatic rings. The molecule has 1 aromatic rings. The Hall–Kier alpha value is -1.62. The van der Waals surface area contributed by atoms with Gasteiger partial charge in [0.25, 0.3) is 5.91 Å². The van der Waals surface area contributed by atoms with E-state index in [1.807, 2.05) is 0 Å². The molecule has 0 fully saturated rings. The van der Waals surface area contributed by atoms with Crippen molar-refractivity contribution in [1.29, 1.82) is 0 Å². The highest BCUT2D eigenvalue weighted by Crippen LogP contribution is 2.18. The molecule has 2 N–H and O–H groups in total. The van der Waals surface area contributed by atoms with E-state index in [-0.39, 0.29) is 17.1 Å². The first kappa shape index (κ1) is 13.4. The predicted octanol–water partition coefficient (Wildman–Crippen LogP) is 1.93. The monoisotopic (exact) mass is 259 g/mol. The van der Waals surface area contributed by atoms with Crippen molar-refractivity contribution in [3.8, 4) is 0 Å². The molecule has 0 aliphatic heterocycles. The molecule has 4 nitrogen and oxygen atoms in total. The molecule has 0 radical (unpaired) electrons. The lowest BCUT2D eigenvalue weighted by molar-refractivity contribution is -0.140. The molecule has 0 bridgehead atoms. The van der Waals surface area contributed by atoms with Crippen LogP contribution in [0.15, 0.2) is 18.2 Å². The van der Waals surface area contributed by atoms with E-state index < -0.39 is 23.6 Å². The van der Waals surface area contributed by atoms with Gasteiger partial charge in [-0.2, -0.15) is 0 Å². The summed E-state index contributed by atoms with van der Waals surface area (Å²) in [7, 11) is 0. The number of carbonyl (C=O) groups excluding carboxylic acids is 1. The van der Waals surface area contributed by atoms with Gasteiger partial charge in [0.15, 0.2) is 0 Å². The maximum Gasteiger partial charge on any atom is 0.308 e. The molecule has 6 heteroatoms. The SMILES string of the molecule is CC(CNC(=O)c1c(F)cccc1Cl)C(=O)O. The largest absolute Gasteiger partial charge is 0.481 e. The minimum absolute atomic E-state index is 0.00882. The zero-order valence-corrected chi connectivity index (χ0v) is 9.79. The molecule has 1 atom stereocenters. The molecule has 0 saturated carbocycles. The Morgan fingerprint density at radius 3 is 2.71 bits per heavy atom. The van der Waals surface area contributed by atoms with Gasteiger partial charge in [-0.05, 0) is 12.1 Å². The number of aliphatic carboxylic acids is 1. The summed E-state index contributed by atoms with van der Waals surface area (Å²) in [6, 6.07) is 3.88. The van der Waals surface area contributed by atoms with Gasteiger partial charge in [0, 0.05) is 6.54 Å². The zero-order valence-electron chi connectivity index (χ0n) is 9.04. The van der Waals surface area contributed by atoms with Crippen LogP contribution in [0.3, 0.4) is 0 Å². The number of hydrogen-bond acceptors (Lipinski definition) is 2. The summed E-state index contributed by atoms with van der Waals surface area (Å²) >= 11 is 5.69. The molecule has 1 amide bonds. The summed E-state index contributed by atoms with van der Waals surface area (Å²) in [5.74, 6) is -3.24. The van der Waals surface area contributed by atoms with Crippen molar-refractivity contribution >= 4 is 23.5 Å². The van der Waals surface area contributed by atoms with Crippen LogP contribution in [0.5, 0.6) is 0 Å². The summed E-state index contributed by atoms with van der Waals surface area (Å²) in [6.45, 7) is 1.35. The third-order valence-electron chi connectivity index (χ3n) is 2.18. The minimum atomic E-state index is -1.04. The highest BCUT2D eigenvalue weighted by Gasteiger charge is 2.17. The fourth-order valence-corrected chi connectivity index (χ4v) is 1.39. The Balaban J connectivity index is 2.74. The van der Waals surface area contributed by atoms with Crippen LogP contribution in [0.1, 0.15) is 17.3 Å². The average molecular weight is 260 g/mol. The maximum atomic E-state index is 13.3. The fourth-order valence-electron chi connectivity index (χ4n) is 1.14. The van der Waals surface area contributed by atoms with Crippen LogP contribution in [0.25, 0.3) is 0 Å². The summed E-state index contributed by atoms with van der Waals surface area (Å²) in [4.78, 5) is 22.1. The van der Waals surface area contributed by atoms with Crippen LogP contribution >= 0.6 is 11.6 Å². The molecule has 0 spiro atoms. The smallest absolute Gasteiger partial charge is 0.308 e. The zero-order chi connectivity index (χ0) is 13.0. The molecule has 0 aromatic heterocycles. The third kappa shape index (κ3) is 3.42. The van der Waals surface area contributed by atoms with Crippen molar-refractivity contribution in [2.75, 3.05) is 6.54 Å². The van der Waals surface area contributed by atoms with Crippen LogP contribution in [0, 0.1) is 11.7 Å². The van der Waals surface area contributed by atoms with Crippen LogP contribution in [-0.2, 0) is 4.79 Å². The van der Waals surface area contributed by atoms with Gasteiger partial charge in [-0.15, -0.1) is 0 Å². The lowest BCUT2D eigenvalue weighted by Crippen LogP contribution is -2.32. The average Bonchev–Trinajstić information content (AvgIpc) is 2.25. The fraction of sp³-hybridized carbons (Fsp3) is 0.273. The predicted molar refractivity (Wildman–Crippen MR) is 60.5 cm³/mol. The molecular weight excluding hydrogens is 249 g/mol. The van der Waals surface area contributed by atoms with Crippen LogP contribution in [-0.4, -0.2) is 23.5 Å². The molecule has 17 heavy (non-hydrogen) atoms. The van der Waals surface area contributed by atoms with Crippen molar-refractivity contribution in [2.24, 2.45) is 5.92 Å². The van der Waals surface area contributed by atoms with E-state index in [2.05, 4.69) is 5.32 Å². The highest BCUT2D eigenvalue weighted by atomic mass is 35.5. The number of rotatable bonds is 4. The Kier molecular flexibility index (Phi) is 4.45. The molecular formula is C11H11ClFNO3. The van der Waals surface area contributed by atoms with Crippen molar-refractivity contribution in [2.45, 2.75) is 6.92 Å². The number of carboxylic acid groups (broad SMARTS) is 1. The molecule has 0 heterocycles. The van der Waals surface area contributed by atoms with Crippen LogP contribution < -0.4 is 5.32 Å². The normalized spacial score (nSPS) is 11.9. The van der Waals surface area contributed by atoms with Crippen LogP contribution in [0.2, 0.25) is 5.02 Å². The number of nitrogens with one attached hydrogen (secondary N) is 1. The first-order valence-electron chi connectivity index (χ1n) is 4.88. The van der Waals surface area contributed by atoms with Gasteiger partial charge in [-0.3, -0.25) is 9.59 Å². The molecule has 1 rings (SSSR count). The number of halogens is 2. The number of hydrogen-bond donors (Lipinski definition) is 2. The van der Waals surface area contributed by atoms with Gasteiger partial charge in [0.2, 0.25) is 0 Å². The second kappa shape index (κ2) is 5.63. The maximum absolute atomic E-state index is 13.3. The number of carboxylic acids is 1. The number of amides is 1. The molecule has 0 saturated heterocycles. The van der Waals surface area contributed by atoms with Crippen molar-refractivity contribution < 1.29 is 19.1 Å². The van der Waals surface area contributed by atoms with E-state index in [1.54, 1.807) is 0 Å². The third-order valence-corrected chi connectivity index (χ3v) is 2.50. The molecule has 1 unspecified atom stereocenters. The Labute approximate surface area is 102 Å². The first-order valence-corrected chi connectivity index (χ1v) is 5.26. The van der Waals surface area contributed by atoms with E-state index in [9.17, 15) is 14.0 Å². The van der Waals surface area contributed by atoms with E-state index in [0.29, 0.717) is 0 Å². The van der Waals surface area contributed by atoms with Gasteiger partial charge in [-0.25, -0.2) is 4.39 Å². The topological polar surface area (TPSA) is 66.4 Å². The van der Waals surface area contributed by atoms with Crippen molar-refractivity contribution in [3.05, 3.63) is 34.6 Å². The summed E-state index contributed by atoms with van der Waals surface area (Å²) in [6.07, 6.45) is 0. The Morgan fingerprint density at radius 2 is 2.18 bits per heavy atom. The summed E-state index contributed by atoms with van der Waals surface area (Å²) < 4.78 is 13.3. The van der Waals surface area contributed by atoms with E-state index in [0.717, 1.165) is 6.07 Å². The van der Waals surface area contributed by atoms with Gasteiger partial charge in [0.05, 0.1) is 16.5 Å². The Morgan fingerprint density at radius 1 is 1.53 bits per heavy atom. The van der Waals surface area contributed by atoms with Gasteiger partial charge in [-0.1, -0.05) is 24.6 Å². The van der Waals surface area contributed by atoms with Gasteiger partial charge in [0.1, 0.15) is 5.82 Å². The van der Waals surface area contributed by atoms with E-state index >= 15 is 0 Å². The second-order valence-electron chi connectivity index (χ2n) is 3.55.